The third-order valence-electron chi connectivity index (χ3n) is 3.00. The summed E-state index contributed by atoms with van der Waals surface area (Å²) in [7, 11) is 1.96. The Labute approximate surface area is 137 Å². The quantitative estimate of drug-likeness (QED) is 0.342. The van der Waals surface area contributed by atoms with E-state index in [1.807, 2.05) is 24.1 Å². The minimum Gasteiger partial charge on any atom is -0.322 e. The Morgan fingerprint density at radius 1 is 1.27 bits per heavy atom. The molecular formula is C17H25N3OS. The molecule has 0 bridgehead atoms. The number of benzene rings is 1. The van der Waals surface area contributed by atoms with Crippen molar-refractivity contribution in [1.82, 2.24) is 0 Å². The number of para-hydroxylation sites is 1. The summed E-state index contributed by atoms with van der Waals surface area (Å²) in [5, 5.41) is 9.14. The molecule has 0 spiro atoms. The van der Waals surface area contributed by atoms with Crippen molar-refractivity contribution in [3.05, 3.63) is 29.8 Å². The first-order valence-electron chi connectivity index (χ1n) is 7.47. The van der Waals surface area contributed by atoms with Crippen molar-refractivity contribution in [2.45, 2.75) is 33.6 Å². The molecule has 0 fully saturated rings. The SMILES string of the molecule is CC(C)/C=N/N=C(\SCC=O)N(C)c1ccccc1C(C)C. The van der Waals surface area contributed by atoms with E-state index in [1.165, 1.54) is 17.3 Å². The molecule has 1 aromatic carbocycles. The van der Waals surface area contributed by atoms with Crippen LogP contribution in [-0.4, -0.2) is 30.5 Å². The largest absolute Gasteiger partial charge is 0.322 e. The molecule has 0 saturated heterocycles. The lowest BCUT2D eigenvalue weighted by molar-refractivity contribution is -0.105. The summed E-state index contributed by atoms with van der Waals surface area (Å²) < 4.78 is 0. The Kier molecular flexibility index (Phi) is 7.88. The minimum absolute atomic E-state index is 0.342. The first-order valence-corrected chi connectivity index (χ1v) is 8.46. The van der Waals surface area contributed by atoms with Gasteiger partial charge in [-0.2, -0.15) is 5.10 Å². The molecule has 0 aromatic heterocycles. The van der Waals surface area contributed by atoms with Crippen LogP contribution in [0.5, 0.6) is 0 Å². The summed E-state index contributed by atoms with van der Waals surface area (Å²) in [5.41, 5.74) is 2.34. The summed E-state index contributed by atoms with van der Waals surface area (Å²) in [6, 6.07) is 8.24. The number of rotatable bonds is 6. The molecule has 120 valence electrons. The maximum absolute atomic E-state index is 10.7. The van der Waals surface area contributed by atoms with Gasteiger partial charge in [-0.1, -0.05) is 57.7 Å². The number of carbonyl (C=O) groups is 1. The highest BCUT2D eigenvalue weighted by Crippen LogP contribution is 2.28. The molecule has 22 heavy (non-hydrogen) atoms. The first kappa shape index (κ1) is 18.4. The Bertz CT molecular complexity index is 538. The van der Waals surface area contributed by atoms with Gasteiger partial charge in [0.05, 0.1) is 5.75 Å². The number of carbonyl (C=O) groups excluding carboxylic acids is 1. The molecule has 0 unspecified atom stereocenters. The second kappa shape index (κ2) is 9.41. The van der Waals surface area contributed by atoms with Gasteiger partial charge in [-0.05, 0) is 23.5 Å². The van der Waals surface area contributed by atoms with Crippen molar-refractivity contribution >= 4 is 35.1 Å². The van der Waals surface area contributed by atoms with Crippen LogP contribution in [0.3, 0.4) is 0 Å². The molecule has 0 atom stereocenters. The van der Waals surface area contributed by atoms with Crippen molar-refractivity contribution in [3.8, 4) is 0 Å². The number of thioether (sulfide) groups is 1. The number of aldehydes is 1. The van der Waals surface area contributed by atoms with Gasteiger partial charge in [-0.3, -0.25) is 0 Å². The molecule has 0 amide bonds. The normalized spacial score (nSPS) is 12.4. The molecule has 1 rings (SSSR count). The summed E-state index contributed by atoms with van der Waals surface area (Å²) in [6.45, 7) is 8.43. The van der Waals surface area contributed by atoms with Crippen LogP contribution in [0, 0.1) is 5.92 Å². The molecule has 0 heterocycles. The highest BCUT2D eigenvalue weighted by atomic mass is 32.2. The minimum atomic E-state index is 0.342. The van der Waals surface area contributed by atoms with Gasteiger partial charge in [0.2, 0.25) is 0 Å². The van der Waals surface area contributed by atoms with Crippen LogP contribution in [-0.2, 0) is 4.79 Å². The van der Waals surface area contributed by atoms with Crippen LogP contribution in [0.15, 0.2) is 34.5 Å². The first-order chi connectivity index (χ1) is 10.5. The van der Waals surface area contributed by atoms with Crippen LogP contribution in [0.4, 0.5) is 5.69 Å². The average molecular weight is 319 g/mol. The summed E-state index contributed by atoms with van der Waals surface area (Å²) in [6.07, 6.45) is 2.68. The maximum Gasteiger partial charge on any atom is 0.190 e. The van der Waals surface area contributed by atoms with Crippen molar-refractivity contribution in [3.63, 3.8) is 0 Å². The third kappa shape index (κ3) is 5.64. The van der Waals surface area contributed by atoms with Crippen molar-refractivity contribution < 1.29 is 4.79 Å². The maximum atomic E-state index is 10.7. The van der Waals surface area contributed by atoms with Gasteiger partial charge in [0.1, 0.15) is 6.29 Å². The number of hydrogen-bond acceptors (Lipinski definition) is 4. The zero-order valence-corrected chi connectivity index (χ0v) is 14.8. The molecule has 0 saturated carbocycles. The van der Waals surface area contributed by atoms with Gasteiger partial charge < -0.3 is 9.69 Å². The summed E-state index contributed by atoms with van der Waals surface area (Å²) in [4.78, 5) is 12.7. The molecule has 5 heteroatoms. The summed E-state index contributed by atoms with van der Waals surface area (Å²) >= 11 is 1.39. The molecule has 0 N–H and O–H groups in total. The lowest BCUT2D eigenvalue weighted by atomic mass is 10.0. The van der Waals surface area contributed by atoms with Crippen molar-refractivity contribution in [2.75, 3.05) is 17.7 Å². The van der Waals surface area contributed by atoms with E-state index in [4.69, 9.17) is 0 Å². The predicted molar refractivity (Wildman–Crippen MR) is 98.2 cm³/mol. The van der Waals surface area contributed by atoms with Gasteiger partial charge in [-0.15, -0.1) is 5.10 Å². The standard InChI is InChI=1S/C17H25N3OS/c1-13(2)12-18-19-17(22-11-10-21)20(5)16-9-7-6-8-15(16)14(3)4/h6-10,12-14H,11H2,1-5H3/b18-12+,19-17-. The zero-order valence-electron chi connectivity index (χ0n) is 14.0. The number of hydrogen-bond donors (Lipinski definition) is 0. The van der Waals surface area contributed by atoms with E-state index in [1.54, 1.807) is 6.21 Å². The van der Waals surface area contributed by atoms with E-state index in [0.717, 1.165) is 17.1 Å². The molecular weight excluding hydrogens is 294 g/mol. The van der Waals surface area contributed by atoms with Gasteiger partial charge in [-0.25, -0.2) is 0 Å². The highest BCUT2D eigenvalue weighted by molar-refractivity contribution is 8.14. The van der Waals surface area contributed by atoms with Gasteiger partial charge in [0.15, 0.2) is 5.17 Å². The Hall–Kier alpha value is -1.62. The lowest BCUT2D eigenvalue weighted by Crippen LogP contribution is -2.25. The van der Waals surface area contributed by atoms with E-state index < -0.39 is 0 Å². The molecule has 0 aliphatic heterocycles. The van der Waals surface area contributed by atoms with Gasteiger partial charge >= 0.3 is 0 Å². The fourth-order valence-electron chi connectivity index (χ4n) is 1.90. The molecule has 4 nitrogen and oxygen atoms in total. The third-order valence-corrected chi connectivity index (χ3v) is 3.91. The van der Waals surface area contributed by atoms with E-state index >= 15 is 0 Å². The van der Waals surface area contributed by atoms with Crippen molar-refractivity contribution in [2.24, 2.45) is 16.1 Å². The molecule has 0 radical (unpaired) electrons. The predicted octanol–water partition coefficient (Wildman–Crippen LogP) is 4.18. The second-order valence-corrected chi connectivity index (χ2v) is 6.63. The summed E-state index contributed by atoms with van der Waals surface area (Å²) in [5.74, 6) is 1.12. The van der Waals surface area contributed by atoms with E-state index in [2.05, 4.69) is 50.0 Å². The number of amidine groups is 1. The highest BCUT2D eigenvalue weighted by Gasteiger charge is 2.15. The molecule has 0 aliphatic carbocycles. The van der Waals surface area contributed by atoms with E-state index in [9.17, 15) is 4.79 Å². The second-order valence-electron chi connectivity index (χ2n) is 5.64. The smallest absolute Gasteiger partial charge is 0.190 e. The molecule has 1 aromatic rings. The number of anilines is 1. The number of nitrogens with zero attached hydrogens (tertiary/aromatic N) is 3. The lowest BCUT2D eigenvalue weighted by Gasteiger charge is -2.24. The van der Waals surface area contributed by atoms with Gasteiger partial charge in [0, 0.05) is 18.9 Å². The Morgan fingerprint density at radius 2 is 1.95 bits per heavy atom. The topological polar surface area (TPSA) is 45.0 Å². The Balaban J connectivity index is 3.10. The molecule has 0 aliphatic rings. The average Bonchev–Trinajstić information content (AvgIpc) is 2.49. The van der Waals surface area contributed by atoms with E-state index in [-0.39, 0.29) is 0 Å². The fourth-order valence-corrected chi connectivity index (χ4v) is 2.52. The van der Waals surface area contributed by atoms with Crippen LogP contribution in [0.25, 0.3) is 0 Å². The van der Waals surface area contributed by atoms with Crippen LogP contribution >= 0.6 is 11.8 Å². The van der Waals surface area contributed by atoms with Crippen LogP contribution in [0.2, 0.25) is 0 Å². The monoisotopic (exact) mass is 319 g/mol. The zero-order chi connectivity index (χ0) is 16.5. The van der Waals surface area contributed by atoms with E-state index in [0.29, 0.717) is 17.6 Å². The Morgan fingerprint density at radius 3 is 2.55 bits per heavy atom. The van der Waals surface area contributed by atoms with Crippen LogP contribution in [0.1, 0.15) is 39.2 Å². The fraction of sp³-hybridized carbons (Fsp3) is 0.471. The van der Waals surface area contributed by atoms with Crippen molar-refractivity contribution in [1.29, 1.82) is 0 Å². The van der Waals surface area contributed by atoms with Gasteiger partial charge in [0.25, 0.3) is 0 Å². The van der Waals surface area contributed by atoms with Crippen LogP contribution < -0.4 is 4.90 Å².